The number of hydrogen-bond acceptors (Lipinski definition) is 2. The van der Waals surface area contributed by atoms with Crippen LogP contribution in [0.15, 0.2) is 6.07 Å². The van der Waals surface area contributed by atoms with Crippen molar-refractivity contribution in [3.8, 4) is 0 Å². The van der Waals surface area contributed by atoms with Crippen LogP contribution in [0, 0.1) is 12.3 Å². The zero-order chi connectivity index (χ0) is 15.6. The zero-order valence-corrected chi connectivity index (χ0v) is 14.4. The molecule has 0 aromatic carbocycles. The van der Waals surface area contributed by atoms with Crippen LogP contribution < -0.4 is 0 Å². The molecule has 2 rings (SSSR count). The van der Waals surface area contributed by atoms with E-state index in [-0.39, 0.29) is 11.5 Å². The van der Waals surface area contributed by atoms with Crippen molar-refractivity contribution < 1.29 is 5.11 Å². The van der Waals surface area contributed by atoms with Crippen molar-refractivity contribution >= 4 is 0 Å². The van der Waals surface area contributed by atoms with E-state index in [0.717, 1.165) is 39.0 Å². The fourth-order valence-corrected chi connectivity index (χ4v) is 3.70. The summed E-state index contributed by atoms with van der Waals surface area (Å²) in [5, 5.41) is 10.4. The van der Waals surface area contributed by atoms with E-state index >= 15 is 0 Å². The number of hydrogen-bond donors (Lipinski definition) is 1. The van der Waals surface area contributed by atoms with Crippen LogP contribution >= 0.6 is 0 Å². The van der Waals surface area contributed by atoms with Crippen molar-refractivity contribution in [2.45, 2.75) is 66.5 Å². The minimum Gasteiger partial charge on any atom is -0.388 e. The number of aliphatic hydroxyl groups is 1. The third-order valence-electron chi connectivity index (χ3n) is 4.95. The molecule has 0 spiro atoms. The Labute approximate surface area is 130 Å². The van der Waals surface area contributed by atoms with Gasteiger partial charge in [0.2, 0.25) is 0 Å². The van der Waals surface area contributed by atoms with Crippen LogP contribution in [0.3, 0.4) is 0 Å². The highest BCUT2D eigenvalue weighted by molar-refractivity contribution is 5.33. The Hall–Kier alpha value is -0.800. The Balaban J connectivity index is 2.11. The first-order valence-corrected chi connectivity index (χ1v) is 8.47. The lowest BCUT2D eigenvalue weighted by Gasteiger charge is -2.34. The molecular weight excluding hydrogens is 260 g/mol. The summed E-state index contributed by atoms with van der Waals surface area (Å²) < 4.78 is 2.45. The molecule has 3 heteroatoms. The van der Waals surface area contributed by atoms with E-state index in [9.17, 15) is 5.11 Å². The van der Waals surface area contributed by atoms with E-state index in [1.54, 1.807) is 0 Å². The van der Waals surface area contributed by atoms with Crippen LogP contribution in [0.25, 0.3) is 0 Å². The van der Waals surface area contributed by atoms with Crippen molar-refractivity contribution in [3.05, 3.63) is 23.0 Å². The van der Waals surface area contributed by atoms with Gasteiger partial charge in [0.05, 0.1) is 6.10 Å². The fourth-order valence-electron chi connectivity index (χ4n) is 3.70. The predicted molar refractivity (Wildman–Crippen MR) is 88.6 cm³/mol. The van der Waals surface area contributed by atoms with Gasteiger partial charge in [-0.1, -0.05) is 27.7 Å². The summed E-state index contributed by atoms with van der Waals surface area (Å²) in [7, 11) is 0. The molecule has 1 aromatic heterocycles. The molecule has 1 aliphatic carbocycles. The second-order valence-corrected chi connectivity index (χ2v) is 7.28. The number of rotatable bonds is 6. The van der Waals surface area contributed by atoms with Crippen LogP contribution in [0.1, 0.15) is 63.6 Å². The molecular formula is C18H32N2O. The highest BCUT2D eigenvalue weighted by Gasteiger charge is 2.33. The third-order valence-corrected chi connectivity index (χ3v) is 4.95. The lowest BCUT2D eigenvalue weighted by Crippen LogP contribution is -2.28. The minimum absolute atomic E-state index is 0.202. The monoisotopic (exact) mass is 292 g/mol. The van der Waals surface area contributed by atoms with Gasteiger partial charge in [0.15, 0.2) is 0 Å². The number of aromatic nitrogens is 1. The van der Waals surface area contributed by atoms with Gasteiger partial charge in [-0.05, 0) is 57.3 Å². The largest absolute Gasteiger partial charge is 0.388 e. The van der Waals surface area contributed by atoms with Crippen molar-refractivity contribution in [2.24, 2.45) is 5.41 Å². The molecule has 1 heterocycles. The topological polar surface area (TPSA) is 28.4 Å². The SMILES string of the molecule is CCN(CC)CCCn1c(C)cc2c1CC(C)(C)CC2O. The molecule has 1 aromatic rings. The van der Waals surface area contributed by atoms with E-state index in [0.29, 0.717) is 0 Å². The van der Waals surface area contributed by atoms with Crippen molar-refractivity contribution in [1.29, 1.82) is 0 Å². The Morgan fingerprint density at radius 3 is 2.62 bits per heavy atom. The van der Waals surface area contributed by atoms with Crippen molar-refractivity contribution in [2.75, 3.05) is 19.6 Å². The molecule has 3 nitrogen and oxygen atoms in total. The standard InChI is InChI=1S/C18H32N2O/c1-6-19(7-2)9-8-10-20-14(3)11-15-16(20)12-18(4,5)13-17(15)21/h11,17,21H,6-10,12-13H2,1-5H3. The first kappa shape index (κ1) is 16.6. The molecule has 21 heavy (non-hydrogen) atoms. The Morgan fingerprint density at radius 2 is 2.00 bits per heavy atom. The fraction of sp³-hybridized carbons (Fsp3) is 0.778. The normalized spacial score (nSPS) is 20.8. The van der Waals surface area contributed by atoms with Gasteiger partial charge in [-0.2, -0.15) is 0 Å². The van der Waals surface area contributed by atoms with Crippen LogP contribution in [-0.2, 0) is 13.0 Å². The first-order chi connectivity index (χ1) is 9.88. The quantitative estimate of drug-likeness (QED) is 0.869. The number of aryl methyl sites for hydroxylation is 1. The summed E-state index contributed by atoms with van der Waals surface area (Å²) in [6, 6.07) is 2.20. The predicted octanol–water partition coefficient (Wildman–Crippen LogP) is 3.53. The molecule has 0 amide bonds. The molecule has 1 N–H and O–H groups in total. The lowest BCUT2D eigenvalue weighted by atomic mass is 9.75. The van der Waals surface area contributed by atoms with Gasteiger partial charge in [-0.15, -0.1) is 0 Å². The smallest absolute Gasteiger partial charge is 0.0812 e. The maximum atomic E-state index is 10.4. The Kier molecular flexibility index (Phi) is 5.15. The second kappa shape index (κ2) is 6.53. The van der Waals surface area contributed by atoms with Gasteiger partial charge in [0.1, 0.15) is 0 Å². The minimum atomic E-state index is -0.286. The number of aliphatic hydroxyl groups excluding tert-OH is 1. The van der Waals surface area contributed by atoms with Crippen molar-refractivity contribution in [1.82, 2.24) is 9.47 Å². The third kappa shape index (κ3) is 3.70. The Morgan fingerprint density at radius 1 is 1.33 bits per heavy atom. The molecule has 1 aliphatic rings. The van der Waals surface area contributed by atoms with Gasteiger partial charge in [-0.25, -0.2) is 0 Å². The lowest BCUT2D eigenvalue weighted by molar-refractivity contribution is 0.0978. The van der Waals surface area contributed by atoms with Crippen molar-refractivity contribution in [3.63, 3.8) is 0 Å². The number of fused-ring (bicyclic) bond motifs is 1. The summed E-state index contributed by atoms with van der Waals surface area (Å²) in [5.41, 5.74) is 4.05. The average molecular weight is 292 g/mol. The van der Waals surface area contributed by atoms with Crippen LogP contribution in [-0.4, -0.2) is 34.2 Å². The van der Waals surface area contributed by atoms with E-state index in [1.807, 2.05) is 0 Å². The van der Waals surface area contributed by atoms with E-state index in [1.165, 1.54) is 23.4 Å². The molecule has 0 aliphatic heterocycles. The van der Waals surface area contributed by atoms with Gasteiger partial charge in [0, 0.05) is 23.5 Å². The first-order valence-electron chi connectivity index (χ1n) is 8.47. The molecule has 0 fully saturated rings. The average Bonchev–Trinajstić information content (AvgIpc) is 2.71. The van der Waals surface area contributed by atoms with E-state index in [2.05, 4.69) is 50.2 Å². The zero-order valence-electron chi connectivity index (χ0n) is 14.4. The van der Waals surface area contributed by atoms with Crippen LogP contribution in [0.4, 0.5) is 0 Å². The van der Waals surface area contributed by atoms with Gasteiger partial charge < -0.3 is 14.6 Å². The highest BCUT2D eigenvalue weighted by atomic mass is 16.3. The number of nitrogens with zero attached hydrogens (tertiary/aromatic N) is 2. The van der Waals surface area contributed by atoms with Crippen LogP contribution in [0.5, 0.6) is 0 Å². The molecule has 0 saturated heterocycles. The maximum absolute atomic E-state index is 10.4. The summed E-state index contributed by atoms with van der Waals surface area (Å²) in [5.74, 6) is 0. The Bertz CT molecular complexity index is 472. The molecule has 0 saturated carbocycles. The van der Waals surface area contributed by atoms with Gasteiger partial charge >= 0.3 is 0 Å². The second-order valence-electron chi connectivity index (χ2n) is 7.28. The summed E-state index contributed by atoms with van der Waals surface area (Å²) in [4.78, 5) is 2.48. The molecule has 1 unspecified atom stereocenters. The summed E-state index contributed by atoms with van der Waals surface area (Å²) >= 11 is 0. The molecule has 0 bridgehead atoms. The maximum Gasteiger partial charge on any atom is 0.0812 e. The van der Waals surface area contributed by atoms with Crippen LogP contribution in [0.2, 0.25) is 0 Å². The summed E-state index contributed by atoms with van der Waals surface area (Å²) in [6.07, 6.45) is 2.85. The van der Waals surface area contributed by atoms with E-state index in [4.69, 9.17) is 0 Å². The molecule has 120 valence electrons. The molecule has 1 atom stereocenters. The highest BCUT2D eigenvalue weighted by Crippen LogP contribution is 2.41. The van der Waals surface area contributed by atoms with Gasteiger partial charge in [-0.3, -0.25) is 0 Å². The van der Waals surface area contributed by atoms with E-state index < -0.39 is 0 Å². The van der Waals surface area contributed by atoms with Gasteiger partial charge in [0.25, 0.3) is 0 Å². The molecule has 0 radical (unpaired) electrons. The summed E-state index contributed by atoms with van der Waals surface area (Å²) in [6.45, 7) is 15.6.